The maximum atomic E-state index is 10.4. The van der Waals surface area contributed by atoms with E-state index in [1.54, 1.807) is 6.92 Å². The third-order valence-corrected chi connectivity index (χ3v) is 0.760. The van der Waals surface area contributed by atoms with Crippen LogP contribution in [0.15, 0.2) is 11.8 Å². The number of carboxylic acid groups (broad SMARTS) is 1. The van der Waals surface area contributed by atoms with E-state index < -0.39 is 17.7 Å². The third-order valence-electron chi connectivity index (χ3n) is 0.760. The summed E-state index contributed by atoms with van der Waals surface area (Å²) in [5.41, 5.74) is 0. The molecule has 0 aliphatic carbocycles. The smallest absolute Gasteiger partial charge is 0.371 e. The summed E-state index contributed by atoms with van der Waals surface area (Å²) in [6, 6.07) is 0. The second kappa shape index (κ2) is 4.32. The summed E-state index contributed by atoms with van der Waals surface area (Å²) >= 11 is 0. The van der Waals surface area contributed by atoms with Crippen molar-refractivity contribution in [1.82, 2.24) is 0 Å². The number of rotatable bonds is 3. The highest BCUT2D eigenvalue weighted by Crippen LogP contribution is 1.89. The molecule has 0 bridgehead atoms. The largest absolute Gasteiger partial charge is 0.502 e. The molecule has 0 radical (unpaired) electrons. The highest BCUT2D eigenvalue weighted by atomic mass is 16.5. The summed E-state index contributed by atoms with van der Waals surface area (Å²) < 4.78 is 4.32. The Morgan fingerprint density at radius 1 is 1.45 bits per heavy atom. The van der Waals surface area contributed by atoms with E-state index in [9.17, 15) is 9.59 Å². The fraction of sp³-hybridized carbons (Fsp3) is 0.333. The van der Waals surface area contributed by atoms with Crippen LogP contribution in [0.2, 0.25) is 0 Å². The van der Waals surface area contributed by atoms with Gasteiger partial charge in [0, 0.05) is 0 Å². The van der Waals surface area contributed by atoms with E-state index in [-0.39, 0.29) is 6.61 Å². The Bertz CT molecular complexity index is 193. The van der Waals surface area contributed by atoms with Crippen LogP contribution in [0.5, 0.6) is 0 Å². The summed E-state index contributed by atoms with van der Waals surface area (Å²) in [5.74, 6) is -3.45. The number of aliphatic hydroxyl groups excluding tert-OH is 1. The highest BCUT2D eigenvalue weighted by molar-refractivity contribution is 5.93. The topological polar surface area (TPSA) is 83.8 Å². The van der Waals surface area contributed by atoms with Crippen LogP contribution in [0, 0.1) is 0 Å². The number of ether oxygens (including phenoxy) is 1. The van der Waals surface area contributed by atoms with Gasteiger partial charge in [0.2, 0.25) is 5.76 Å². The van der Waals surface area contributed by atoms with Gasteiger partial charge in [-0.3, -0.25) is 0 Å². The third kappa shape index (κ3) is 3.96. The molecule has 11 heavy (non-hydrogen) atoms. The van der Waals surface area contributed by atoms with Crippen LogP contribution in [0.1, 0.15) is 6.92 Å². The fourth-order valence-electron chi connectivity index (χ4n) is 0.357. The predicted molar refractivity (Wildman–Crippen MR) is 35.0 cm³/mol. The Kier molecular flexibility index (Phi) is 3.72. The minimum absolute atomic E-state index is 0.141. The maximum Gasteiger partial charge on any atom is 0.371 e. The van der Waals surface area contributed by atoms with Crippen LogP contribution in [0.4, 0.5) is 0 Å². The Labute approximate surface area is 62.9 Å². The molecular weight excluding hydrogens is 152 g/mol. The molecule has 0 unspecified atom stereocenters. The van der Waals surface area contributed by atoms with Crippen LogP contribution in [-0.4, -0.2) is 28.8 Å². The molecule has 0 aliphatic rings. The van der Waals surface area contributed by atoms with Crippen molar-refractivity contribution in [3.8, 4) is 0 Å². The Hall–Kier alpha value is -1.52. The lowest BCUT2D eigenvalue weighted by atomic mass is 10.4. The van der Waals surface area contributed by atoms with Crippen molar-refractivity contribution in [3.05, 3.63) is 11.8 Å². The van der Waals surface area contributed by atoms with E-state index in [1.807, 2.05) is 0 Å². The van der Waals surface area contributed by atoms with Gasteiger partial charge in [-0.25, -0.2) is 9.59 Å². The molecule has 0 heterocycles. The van der Waals surface area contributed by atoms with Gasteiger partial charge in [-0.1, -0.05) is 0 Å². The lowest BCUT2D eigenvalue weighted by molar-refractivity contribution is -0.140. The van der Waals surface area contributed by atoms with Gasteiger partial charge in [-0.05, 0) is 6.92 Å². The fourth-order valence-corrected chi connectivity index (χ4v) is 0.357. The van der Waals surface area contributed by atoms with E-state index in [0.29, 0.717) is 6.08 Å². The van der Waals surface area contributed by atoms with Crippen molar-refractivity contribution in [3.63, 3.8) is 0 Å². The number of hydrogen-bond donors (Lipinski definition) is 2. The Morgan fingerprint density at radius 2 is 2.00 bits per heavy atom. The standard InChI is InChI=1S/C6H8O5/c1-2-11-5(8)3-4(7)6(9)10/h3,7H,2H2,1H3,(H,9,10)/b4-3-. The molecule has 0 amide bonds. The monoisotopic (exact) mass is 160 g/mol. The van der Waals surface area contributed by atoms with E-state index >= 15 is 0 Å². The first-order chi connectivity index (χ1) is 5.07. The second-order valence-corrected chi connectivity index (χ2v) is 1.59. The zero-order chi connectivity index (χ0) is 8.85. The predicted octanol–water partition coefficient (Wildman–Crippen LogP) is 0.0760. The molecule has 0 saturated carbocycles. The lowest BCUT2D eigenvalue weighted by Crippen LogP contribution is -2.06. The average Bonchev–Trinajstić information content (AvgIpc) is 1.87. The second-order valence-electron chi connectivity index (χ2n) is 1.59. The minimum Gasteiger partial charge on any atom is -0.502 e. The molecule has 5 nitrogen and oxygen atoms in total. The van der Waals surface area contributed by atoms with Gasteiger partial charge < -0.3 is 14.9 Å². The summed E-state index contributed by atoms with van der Waals surface area (Å²) in [5, 5.41) is 16.6. The first-order valence-corrected chi connectivity index (χ1v) is 2.88. The number of carboxylic acids is 1. The minimum atomic E-state index is -1.56. The number of esters is 1. The summed E-state index contributed by atoms with van der Waals surface area (Å²) in [6.45, 7) is 1.71. The van der Waals surface area contributed by atoms with Gasteiger partial charge in [-0.2, -0.15) is 0 Å². The number of aliphatic carboxylic acids is 1. The summed E-state index contributed by atoms with van der Waals surface area (Å²) in [6.07, 6.45) is 0.506. The average molecular weight is 160 g/mol. The zero-order valence-corrected chi connectivity index (χ0v) is 5.90. The van der Waals surface area contributed by atoms with Crippen molar-refractivity contribution in [2.75, 3.05) is 6.61 Å². The van der Waals surface area contributed by atoms with Crippen molar-refractivity contribution >= 4 is 11.9 Å². The highest BCUT2D eigenvalue weighted by Gasteiger charge is 2.06. The van der Waals surface area contributed by atoms with Crippen molar-refractivity contribution in [2.24, 2.45) is 0 Å². The van der Waals surface area contributed by atoms with Gasteiger partial charge in [0.1, 0.15) is 0 Å². The molecule has 0 rings (SSSR count). The number of carbonyl (C=O) groups is 2. The zero-order valence-electron chi connectivity index (χ0n) is 5.90. The van der Waals surface area contributed by atoms with Gasteiger partial charge in [0.15, 0.2) is 0 Å². The van der Waals surface area contributed by atoms with Gasteiger partial charge in [-0.15, -0.1) is 0 Å². The first kappa shape index (κ1) is 9.48. The maximum absolute atomic E-state index is 10.4. The molecule has 0 fully saturated rings. The van der Waals surface area contributed by atoms with Crippen LogP contribution in [0.3, 0.4) is 0 Å². The van der Waals surface area contributed by atoms with Crippen LogP contribution in [-0.2, 0) is 14.3 Å². The van der Waals surface area contributed by atoms with Gasteiger partial charge >= 0.3 is 11.9 Å². The molecule has 0 spiro atoms. The SMILES string of the molecule is CCOC(=O)/C=C(\O)C(=O)O. The van der Waals surface area contributed by atoms with Crippen molar-refractivity contribution in [1.29, 1.82) is 0 Å². The molecule has 0 saturated heterocycles. The molecule has 0 aliphatic heterocycles. The first-order valence-electron chi connectivity index (χ1n) is 2.88. The molecular formula is C6H8O5. The quantitative estimate of drug-likeness (QED) is 0.347. The summed E-state index contributed by atoms with van der Waals surface area (Å²) in [4.78, 5) is 20.3. The van der Waals surface area contributed by atoms with Crippen LogP contribution in [0.25, 0.3) is 0 Å². The Balaban J connectivity index is 4.08. The lowest BCUT2D eigenvalue weighted by Gasteiger charge is -1.94. The van der Waals surface area contributed by atoms with E-state index in [1.165, 1.54) is 0 Å². The van der Waals surface area contributed by atoms with Crippen LogP contribution >= 0.6 is 0 Å². The van der Waals surface area contributed by atoms with Gasteiger partial charge in [0.25, 0.3) is 0 Å². The number of hydrogen-bond acceptors (Lipinski definition) is 4. The normalized spacial score (nSPS) is 10.8. The van der Waals surface area contributed by atoms with Crippen molar-refractivity contribution < 1.29 is 24.5 Å². The molecule has 5 heteroatoms. The van der Waals surface area contributed by atoms with E-state index in [0.717, 1.165) is 0 Å². The molecule has 0 aromatic heterocycles. The molecule has 0 aromatic carbocycles. The molecule has 0 aromatic rings. The van der Waals surface area contributed by atoms with Crippen molar-refractivity contribution in [2.45, 2.75) is 6.92 Å². The van der Waals surface area contributed by atoms with Crippen LogP contribution < -0.4 is 0 Å². The Morgan fingerprint density at radius 3 is 2.36 bits per heavy atom. The molecule has 2 N–H and O–H groups in total. The summed E-state index contributed by atoms with van der Waals surface area (Å²) in [7, 11) is 0. The number of aliphatic hydroxyl groups is 1. The van der Waals surface area contributed by atoms with Gasteiger partial charge in [0.05, 0.1) is 12.7 Å². The number of carbonyl (C=O) groups excluding carboxylic acids is 1. The van der Waals surface area contributed by atoms with E-state index in [4.69, 9.17) is 10.2 Å². The molecule has 62 valence electrons. The van der Waals surface area contributed by atoms with E-state index in [2.05, 4.69) is 4.74 Å². The molecule has 0 atom stereocenters.